The van der Waals surface area contributed by atoms with Crippen LogP contribution in [0.4, 0.5) is 0 Å². The van der Waals surface area contributed by atoms with Crippen molar-refractivity contribution < 1.29 is 14.3 Å². The minimum atomic E-state index is -0.386. The molecule has 0 aliphatic heterocycles. The molecule has 2 atom stereocenters. The molecule has 0 spiro atoms. The molecule has 1 aliphatic carbocycles. The van der Waals surface area contributed by atoms with Gasteiger partial charge in [-0.15, -0.1) is 0 Å². The number of benzene rings is 1. The minimum absolute atomic E-state index is 0.00169. The molecule has 1 aromatic rings. The summed E-state index contributed by atoms with van der Waals surface area (Å²) >= 11 is 0. The van der Waals surface area contributed by atoms with Gasteiger partial charge in [0.05, 0.1) is 6.61 Å². The lowest BCUT2D eigenvalue weighted by atomic mass is 10.1. The lowest BCUT2D eigenvalue weighted by Gasteiger charge is -2.04. The van der Waals surface area contributed by atoms with Crippen LogP contribution in [0.5, 0.6) is 0 Å². The van der Waals surface area contributed by atoms with Gasteiger partial charge in [0.15, 0.2) is 0 Å². The van der Waals surface area contributed by atoms with Crippen LogP contribution in [0.1, 0.15) is 24.8 Å². The molecule has 1 saturated carbocycles. The maximum atomic E-state index is 11.8. The summed E-state index contributed by atoms with van der Waals surface area (Å²) in [5.74, 6) is -0.144. The molecule has 0 saturated heterocycles. The van der Waals surface area contributed by atoms with Crippen molar-refractivity contribution in [2.75, 3.05) is 13.2 Å². The highest BCUT2D eigenvalue weighted by Crippen LogP contribution is 2.47. The Labute approximate surface area is 106 Å². The van der Waals surface area contributed by atoms with E-state index in [9.17, 15) is 9.59 Å². The van der Waals surface area contributed by atoms with Crippen molar-refractivity contribution in [1.82, 2.24) is 5.32 Å². The van der Waals surface area contributed by atoms with Gasteiger partial charge in [0.1, 0.15) is 6.54 Å². The van der Waals surface area contributed by atoms with E-state index in [4.69, 9.17) is 4.74 Å². The van der Waals surface area contributed by atoms with Crippen LogP contribution in [0.15, 0.2) is 30.3 Å². The topological polar surface area (TPSA) is 55.4 Å². The Hall–Kier alpha value is -1.84. The summed E-state index contributed by atoms with van der Waals surface area (Å²) in [7, 11) is 0. The van der Waals surface area contributed by atoms with Crippen LogP contribution in [0, 0.1) is 5.92 Å². The van der Waals surface area contributed by atoms with E-state index in [-0.39, 0.29) is 24.3 Å². The Morgan fingerprint density at radius 2 is 2.06 bits per heavy atom. The third-order valence-corrected chi connectivity index (χ3v) is 3.07. The molecule has 4 heteroatoms. The molecule has 2 rings (SSSR count). The molecule has 4 nitrogen and oxygen atoms in total. The van der Waals surface area contributed by atoms with Crippen LogP contribution in [-0.2, 0) is 14.3 Å². The van der Waals surface area contributed by atoms with Gasteiger partial charge in [0.2, 0.25) is 5.91 Å². The van der Waals surface area contributed by atoms with Gasteiger partial charge in [-0.05, 0) is 24.8 Å². The van der Waals surface area contributed by atoms with E-state index in [1.165, 1.54) is 5.56 Å². The number of hydrogen-bond acceptors (Lipinski definition) is 3. The molecule has 1 amide bonds. The van der Waals surface area contributed by atoms with Crippen molar-refractivity contribution in [3.63, 3.8) is 0 Å². The Morgan fingerprint density at radius 1 is 1.33 bits per heavy atom. The largest absolute Gasteiger partial charge is 0.465 e. The summed E-state index contributed by atoms with van der Waals surface area (Å²) in [5, 5.41) is 2.62. The summed E-state index contributed by atoms with van der Waals surface area (Å²) in [6, 6.07) is 9.97. The highest BCUT2D eigenvalue weighted by Gasteiger charge is 2.43. The molecular weight excluding hydrogens is 230 g/mol. The van der Waals surface area contributed by atoms with E-state index in [1.54, 1.807) is 6.92 Å². The minimum Gasteiger partial charge on any atom is -0.465 e. The zero-order chi connectivity index (χ0) is 13.0. The normalized spacial score (nSPS) is 21.2. The molecule has 1 N–H and O–H groups in total. The number of rotatable bonds is 5. The van der Waals surface area contributed by atoms with Crippen LogP contribution in [0.2, 0.25) is 0 Å². The third-order valence-electron chi connectivity index (χ3n) is 3.07. The summed E-state index contributed by atoms with van der Waals surface area (Å²) in [6.07, 6.45) is 0.860. The van der Waals surface area contributed by atoms with E-state index >= 15 is 0 Å². The number of ether oxygens (including phenoxy) is 1. The zero-order valence-corrected chi connectivity index (χ0v) is 10.4. The number of esters is 1. The highest BCUT2D eigenvalue weighted by atomic mass is 16.5. The molecule has 1 aliphatic rings. The van der Waals surface area contributed by atoms with Gasteiger partial charge in [-0.2, -0.15) is 0 Å². The number of amides is 1. The number of carbonyl (C=O) groups excluding carboxylic acids is 2. The van der Waals surface area contributed by atoms with Gasteiger partial charge in [-0.3, -0.25) is 9.59 Å². The Kier molecular flexibility index (Phi) is 3.97. The van der Waals surface area contributed by atoms with E-state index in [1.807, 2.05) is 30.3 Å². The van der Waals surface area contributed by atoms with Gasteiger partial charge < -0.3 is 10.1 Å². The van der Waals surface area contributed by atoms with Crippen molar-refractivity contribution in [3.8, 4) is 0 Å². The predicted octanol–water partition coefficient (Wildman–Crippen LogP) is 1.47. The summed E-state index contributed by atoms with van der Waals surface area (Å²) < 4.78 is 4.75. The average Bonchev–Trinajstić information content (AvgIpc) is 3.18. The van der Waals surface area contributed by atoms with Crippen molar-refractivity contribution in [2.24, 2.45) is 5.92 Å². The summed E-state index contributed by atoms with van der Waals surface area (Å²) in [5.41, 5.74) is 1.19. The maximum absolute atomic E-state index is 11.8. The predicted molar refractivity (Wildman–Crippen MR) is 66.9 cm³/mol. The lowest BCUT2D eigenvalue weighted by molar-refractivity contribution is -0.143. The molecule has 0 radical (unpaired) electrons. The Morgan fingerprint density at radius 3 is 2.72 bits per heavy atom. The van der Waals surface area contributed by atoms with Crippen molar-refractivity contribution in [2.45, 2.75) is 19.3 Å². The van der Waals surface area contributed by atoms with Crippen molar-refractivity contribution in [3.05, 3.63) is 35.9 Å². The highest BCUT2D eigenvalue weighted by molar-refractivity contribution is 5.86. The van der Waals surface area contributed by atoms with Gasteiger partial charge in [0.25, 0.3) is 0 Å². The Balaban J connectivity index is 1.78. The molecule has 0 aromatic heterocycles. The molecule has 96 valence electrons. The maximum Gasteiger partial charge on any atom is 0.325 e. The summed E-state index contributed by atoms with van der Waals surface area (Å²) in [6.45, 7) is 2.04. The number of hydrogen-bond donors (Lipinski definition) is 1. The molecule has 0 bridgehead atoms. The fourth-order valence-electron chi connectivity index (χ4n) is 2.06. The van der Waals surface area contributed by atoms with Crippen LogP contribution in [-0.4, -0.2) is 25.0 Å². The van der Waals surface area contributed by atoms with Crippen molar-refractivity contribution >= 4 is 11.9 Å². The third kappa shape index (κ3) is 3.09. The second kappa shape index (κ2) is 5.67. The number of nitrogens with one attached hydrogen (secondary N) is 1. The second-order valence-electron chi connectivity index (χ2n) is 4.38. The second-order valence-corrected chi connectivity index (χ2v) is 4.38. The van der Waals surface area contributed by atoms with E-state index < -0.39 is 0 Å². The zero-order valence-electron chi connectivity index (χ0n) is 10.4. The molecule has 1 aromatic carbocycles. The smallest absolute Gasteiger partial charge is 0.325 e. The van der Waals surface area contributed by atoms with Crippen LogP contribution in [0.3, 0.4) is 0 Å². The molecular formula is C14H17NO3. The van der Waals surface area contributed by atoms with E-state index in [2.05, 4.69) is 5.32 Å². The fourth-order valence-corrected chi connectivity index (χ4v) is 2.06. The fraction of sp³-hybridized carbons (Fsp3) is 0.429. The lowest BCUT2D eigenvalue weighted by Crippen LogP contribution is -2.32. The van der Waals surface area contributed by atoms with Gasteiger partial charge in [0, 0.05) is 5.92 Å². The quantitative estimate of drug-likeness (QED) is 0.802. The van der Waals surface area contributed by atoms with E-state index in [0.29, 0.717) is 12.5 Å². The SMILES string of the molecule is CCOC(=O)CNC(=O)[C@@H]1C[C@@H]1c1ccccc1. The number of carbonyl (C=O) groups is 2. The van der Waals surface area contributed by atoms with Crippen LogP contribution >= 0.6 is 0 Å². The monoisotopic (exact) mass is 247 g/mol. The Bertz CT molecular complexity index is 430. The van der Waals surface area contributed by atoms with Gasteiger partial charge in [-0.25, -0.2) is 0 Å². The average molecular weight is 247 g/mol. The van der Waals surface area contributed by atoms with E-state index in [0.717, 1.165) is 6.42 Å². The molecule has 0 unspecified atom stereocenters. The standard InChI is InChI=1S/C14H17NO3/c1-2-18-13(16)9-15-14(17)12-8-11(12)10-6-4-3-5-7-10/h3-7,11-12H,2,8-9H2,1H3,(H,15,17)/t11-,12-/m1/s1. The van der Waals surface area contributed by atoms with Gasteiger partial charge in [-0.1, -0.05) is 30.3 Å². The molecule has 18 heavy (non-hydrogen) atoms. The van der Waals surface area contributed by atoms with Crippen molar-refractivity contribution in [1.29, 1.82) is 0 Å². The van der Waals surface area contributed by atoms with Crippen LogP contribution < -0.4 is 5.32 Å². The first-order chi connectivity index (χ1) is 8.72. The molecule has 1 fully saturated rings. The van der Waals surface area contributed by atoms with Gasteiger partial charge >= 0.3 is 5.97 Å². The summed E-state index contributed by atoms with van der Waals surface area (Å²) in [4.78, 5) is 22.9. The first kappa shape index (κ1) is 12.6. The first-order valence-electron chi connectivity index (χ1n) is 6.20. The van der Waals surface area contributed by atoms with Crippen LogP contribution in [0.25, 0.3) is 0 Å². The first-order valence-corrected chi connectivity index (χ1v) is 6.20. The molecule has 0 heterocycles.